The molecule has 0 spiro atoms. The zero-order chi connectivity index (χ0) is 33.6. The van der Waals surface area contributed by atoms with E-state index in [0.717, 1.165) is 11.1 Å². The molecule has 0 unspecified atom stereocenters. The maximum absolute atomic E-state index is 10.7. The Labute approximate surface area is 236 Å². The summed E-state index contributed by atoms with van der Waals surface area (Å²) in [5.41, 5.74) is 2.26. The summed E-state index contributed by atoms with van der Waals surface area (Å²) in [6, 6.07) is 19.8. The van der Waals surface area contributed by atoms with Gasteiger partial charge in [-0.2, -0.15) is 0 Å². The van der Waals surface area contributed by atoms with Gasteiger partial charge in [-0.25, -0.2) is 8.83 Å². The molecular weight excluding hydrogens is 674 g/mol. The van der Waals surface area contributed by atoms with E-state index in [9.17, 15) is 70.8 Å². The summed E-state index contributed by atoms with van der Waals surface area (Å²) in [6.07, 6.45) is 0. The van der Waals surface area contributed by atoms with Crippen LogP contribution in [0.1, 0.15) is 0 Å². The van der Waals surface area contributed by atoms with Crippen LogP contribution in [0.4, 0.5) is 50.4 Å². The average molecular weight is 690 g/mol. The predicted octanol–water partition coefficient (Wildman–Crippen LogP) is 12.7. The van der Waals surface area contributed by atoms with E-state index in [-0.39, 0.29) is 23.0 Å². The second-order valence-corrected chi connectivity index (χ2v) is 12.7. The number of fused-ring (bicyclic) bond motifs is 2. The van der Waals surface area contributed by atoms with Crippen molar-refractivity contribution in [1.29, 1.82) is 0 Å². The van der Waals surface area contributed by atoms with Crippen LogP contribution in [0.25, 0.3) is 44.6 Å². The summed E-state index contributed by atoms with van der Waals surface area (Å²) >= 11 is 0. The third-order valence-corrected chi connectivity index (χ3v) is 4.88. The van der Waals surface area contributed by atoms with E-state index in [2.05, 4.69) is 0 Å². The first-order chi connectivity index (χ1) is 19.4. The number of hydrogen-bond donors (Lipinski definition) is 4. The van der Waals surface area contributed by atoms with Crippen LogP contribution in [0.5, 0.6) is 23.0 Å². The average Bonchev–Trinajstić information content (AvgIpc) is 2.79. The molecule has 4 N–H and O–H groups in total. The maximum Gasteiger partial charge on any atom is 0.368 e. The summed E-state index contributed by atoms with van der Waals surface area (Å²) in [4.78, 5) is 0. The molecule has 0 aliphatic carbocycles. The van der Waals surface area contributed by atoms with Crippen LogP contribution in [0.15, 0.2) is 81.6 Å². The van der Waals surface area contributed by atoms with E-state index in [1.807, 2.05) is 24.3 Å². The van der Waals surface area contributed by atoms with Crippen LogP contribution in [0.3, 0.4) is 0 Å². The fraction of sp³-hybridized carbons (Fsp3) is 0. The van der Waals surface area contributed by atoms with E-state index >= 15 is 0 Å². The first-order valence-electron chi connectivity index (χ1n) is 11.2. The Morgan fingerprint density at radius 2 is 0.750 bits per heavy atom. The molecule has 0 fully saturated rings. The monoisotopic (exact) mass is 690 g/mol. The van der Waals surface area contributed by atoms with Crippen molar-refractivity contribution in [2.45, 2.75) is 0 Å². The molecule has 0 amide bonds. The van der Waals surface area contributed by atoms with Crippen molar-refractivity contribution >= 4 is 37.6 Å². The second-order valence-electron chi connectivity index (χ2n) is 8.85. The molecule has 2 heterocycles. The van der Waals surface area contributed by atoms with Crippen LogP contribution in [-0.2, 0) is 0 Å². The number of phenols is 4. The molecule has 20 heteroatoms. The Balaban J connectivity index is 0.000000317. The molecule has 5 rings (SSSR count). The van der Waals surface area contributed by atoms with Gasteiger partial charge < -0.3 is 20.4 Å². The molecule has 2 aromatic heterocycles. The van der Waals surface area contributed by atoms with Gasteiger partial charge in [-0.1, -0.05) is 6.07 Å². The zero-order valence-electron chi connectivity index (χ0n) is 21.0. The molecule has 3 aromatic carbocycles. The van der Waals surface area contributed by atoms with Crippen molar-refractivity contribution in [2.24, 2.45) is 0 Å². The first kappa shape index (κ1) is 34.2. The van der Waals surface area contributed by atoms with E-state index in [0.29, 0.717) is 33.5 Å². The normalized spacial score (nSPS) is 15.0. The molecule has 242 valence electrons. The van der Waals surface area contributed by atoms with Crippen molar-refractivity contribution in [3.05, 3.63) is 72.8 Å². The summed E-state index contributed by atoms with van der Waals surface area (Å²) in [6.45, 7) is 0. The third-order valence-electron chi connectivity index (χ3n) is 4.88. The van der Waals surface area contributed by atoms with Gasteiger partial charge in [0.05, 0.1) is 23.3 Å². The Morgan fingerprint density at radius 1 is 0.432 bits per heavy atom. The molecular formula is C24H16F12O6P2. The molecule has 6 nitrogen and oxygen atoms in total. The van der Waals surface area contributed by atoms with Crippen LogP contribution >= 0.6 is 15.6 Å². The minimum absolute atomic E-state index is 0.0597. The largest absolute Gasteiger partial charge is 0.507 e. The van der Waals surface area contributed by atoms with Gasteiger partial charge in [0.25, 0.3) is 0 Å². The minimum Gasteiger partial charge on any atom is -0.507 e. The number of phenolic OH excluding ortho intramolecular Hbond substituents is 4. The molecule has 5 aromatic rings. The Bertz CT molecular complexity index is 1740. The fourth-order valence-corrected chi connectivity index (χ4v) is 3.46. The summed E-state index contributed by atoms with van der Waals surface area (Å²) in [5.74, 6) is 0.800. The van der Waals surface area contributed by atoms with Crippen LogP contribution in [0, 0.1) is 0 Å². The predicted molar refractivity (Wildman–Crippen MR) is 139 cm³/mol. The first-order valence-corrected chi connectivity index (χ1v) is 15.2. The Hall–Kier alpha value is -4.30. The van der Waals surface area contributed by atoms with Gasteiger partial charge in [-0.15, -0.1) is 0 Å². The summed E-state index contributed by atoms with van der Waals surface area (Å²) in [7, 11) is -21.3. The van der Waals surface area contributed by atoms with Crippen molar-refractivity contribution < 1.29 is 79.6 Å². The number of hydrogen-bond acceptors (Lipinski definition) is 4. The van der Waals surface area contributed by atoms with E-state index in [4.69, 9.17) is 8.83 Å². The van der Waals surface area contributed by atoms with Crippen LogP contribution in [-0.4, -0.2) is 20.4 Å². The zero-order valence-corrected chi connectivity index (χ0v) is 22.8. The Kier molecular flexibility index (Phi) is 7.46. The van der Waals surface area contributed by atoms with Gasteiger partial charge in [0, 0.05) is 24.3 Å². The number of rotatable bonds is 2. The van der Waals surface area contributed by atoms with E-state index in [1.165, 1.54) is 24.3 Å². The van der Waals surface area contributed by atoms with E-state index < -0.39 is 15.6 Å². The van der Waals surface area contributed by atoms with Crippen molar-refractivity contribution in [1.82, 2.24) is 0 Å². The van der Waals surface area contributed by atoms with Gasteiger partial charge in [-0.3, -0.25) is 0 Å². The minimum atomic E-state index is -10.7. The Morgan fingerprint density at radius 3 is 1.07 bits per heavy atom. The van der Waals surface area contributed by atoms with E-state index in [1.54, 1.807) is 24.3 Å². The number of halogens is 12. The van der Waals surface area contributed by atoms with Crippen molar-refractivity contribution in [3.8, 4) is 45.6 Å². The van der Waals surface area contributed by atoms with Crippen LogP contribution in [0.2, 0.25) is 0 Å². The molecule has 0 saturated heterocycles. The standard InChI is InChI=1S/C24H14O6.2F6P/c25-15-9-19(27)17-4-6-21(29-23(17)11-15)13-2-1-3-14(8-13)22-7-5-18-20(28)10-16(26)12-24(18)30-22;2*1-7(2,3,4,5)6/h1-12H,(H2-2,25,26,27,28);;/q;2*-1/p+2. The maximum atomic E-state index is 9.96. The van der Waals surface area contributed by atoms with Gasteiger partial charge in [0.2, 0.25) is 0 Å². The second kappa shape index (κ2) is 9.60. The molecule has 0 atom stereocenters. The smallest absolute Gasteiger partial charge is 0.368 e. The topological polar surface area (TPSA) is 104 Å². The van der Waals surface area contributed by atoms with Gasteiger partial charge >= 0.3 is 88.7 Å². The SMILES string of the molecule is F[P-](F)(F)(F)(F)F.F[P-](F)(F)(F)(F)F.Oc1cc(O)c2ccc(-c3cccc(-c4ccc5c(O)cc(O)cc5[o+]4)c3)[o+]c2c1. The van der Waals surface area contributed by atoms with Gasteiger partial charge in [0.15, 0.2) is 0 Å². The summed E-state index contributed by atoms with van der Waals surface area (Å²) in [5, 5.41) is 40.4. The quantitative estimate of drug-likeness (QED) is 0.0835. The molecule has 0 bridgehead atoms. The fourth-order valence-electron chi connectivity index (χ4n) is 3.46. The molecule has 0 aliphatic rings. The third kappa shape index (κ3) is 12.5. The number of benzene rings is 3. The van der Waals surface area contributed by atoms with Crippen molar-refractivity contribution in [3.63, 3.8) is 0 Å². The molecule has 0 radical (unpaired) electrons. The molecule has 0 saturated carbocycles. The molecule has 0 aliphatic heterocycles. The molecule has 44 heavy (non-hydrogen) atoms. The van der Waals surface area contributed by atoms with Gasteiger partial charge in [-0.05, 0) is 30.3 Å². The van der Waals surface area contributed by atoms with Gasteiger partial charge in [0.1, 0.15) is 33.8 Å². The van der Waals surface area contributed by atoms with Crippen molar-refractivity contribution in [2.75, 3.05) is 0 Å². The van der Waals surface area contributed by atoms with Crippen LogP contribution < -0.4 is 0 Å². The number of aromatic hydroxyl groups is 4. The summed E-state index contributed by atoms with van der Waals surface area (Å²) < 4.78 is 130.